The van der Waals surface area contributed by atoms with Gasteiger partial charge in [-0.1, -0.05) is 56.2 Å². The first-order valence-corrected chi connectivity index (χ1v) is 13.5. The van der Waals surface area contributed by atoms with E-state index in [1.165, 1.54) is 11.6 Å². The second-order valence-electron chi connectivity index (χ2n) is 9.24. The topological polar surface area (TPSA) is 79.2 Å². The molecule has 3 rings (SSSR count). The smallest absolute Gasteiger partial charge is 0.303 e. The van der Waals surface area contributed by atoms with E-state index in [1.807, 2.05) is 31.2 Å². The zero-order valence-electron chi connectivity index (χ0n) is 23.6. The van der Waals surface area contributed by atoms with Crippen molar-refractivity contribution in [2.75, 3.05) is 25.2 Å². The number of rotatable bonds is 15. The highest BCUT2D eigenvalue weighted by atomic mass is 19.1. The number of carboxylic acids is 1. The summed E-state index contributed by atoms with van der Waals surface area (Å²) in [6.45, 7) is 8.76. The molecule has 2 N–H and O–H groups in total. The number of ether oxygens (including phenoxy) is 2. The SMILES string of the molecule is CCCCCN(Cc1ccc(OCC)cc1)c1c(C)cccc1OCc1ccc(CCC(=O)O)c(F)c1.CO. The first kappa shape index (κ1) is 31.6. The van der Waals surface area contributed by atoms with Crippen LogP contribution in [0.15, 0.2) is 60.7 Å². The van der Waals surface area contributed by atoms with Crippen LogP contribution >= 0.6 is 0 Å². The number of aliphatic hydroxyl groups excluding tert-OH is 1. The van der Waals surface area contributed by atoms with Gasteiger partial charge in [-0.15, -0.1) is 0 Å². The zero-order valence-corrected chi connectivity index (χ0v) is 23.6. The van der Waals surface area contributed by atoms with Gasteiger partial charge in [0.15, 0.2) is 0 Å². The van der Waals surface area contributed by atoms with E-state index in [4.69, 9.17) is 19.7 Å². The Hall–Kier alpha value is -3.58. The van der Waals surface area contributed by atoms with E-state index < -0.39 is 11.8 Å². The number of carbonyl (C=O) groups is 1. The molecule has 7 heteroatoms. The lowest BCUT2D eigenvalue weighted by molar-refractivity contribution is -0.136. The molecule has 0 amide bonds. The van der Waals surface area contributed by atoms with Crippen molar-refractivity contribution in [3.63, 3.8) is 0 Å². The van der Waals surface area contributed by atoms with Crippen LogP contribution in [0.1, 0.15) is 61.8 Å². The molecule has 0 atom stereocenters. The number of aliphatic hydroxyl groups is 1. The lowest BCUT2D eigenvalue weighted by atomic mass is 10.1. The van der Waals surface area contributed by atoms with Gasteiger partial charge in [-0.05, 0) is 73.2 Å². The first-order valence-electron chi connectivity index (χ1n) is 13.5. The molecule has 0 heterocycles. The summed E-state index contributed by atoms with van der Waals surface area (Å²) in [6, 6.07) is 19.1. The van der Waals surface area contributed by atoms with Crippen LogP contribution in [0.2, 0.25) is 0 Å². The number of benzene rings is 3. The van der Waals surface area contributed by atoms with Crippen LogP contribution in [0.4, 0.5) is 10.1 Å². The Labute approximate surface area is 232 Å². The minimum atomic E-state index is -0.937. The summed E-state index contributed by atoms with van der Waals surface area (Å²) in [4.78, 5) is 13.2. The van der Waals surface area contributed by atoms with Crippen molar-refractivity contribution >= 4 is 11.7 Å². The van der Waals surface area contributed by atoms with Crippen molar-refractivity contribution in [1.29, 1.82) is 0 Å². The Morgan fingerprint density at radius 1 is 0.949 bits per heavy atom. The summed E-state index contributed by atoms with van der Waals surface area (Å²) in [5, 5.41) is 15.9. The fraction of sp³-hybridized carbons (Fsp3) is 0.406. The molecule has 0 fully saturated rings. The highest BCUT2D eigenvalue weighted by Gasteiger charge is 2.16. The molecule has 3 aromatic rings. The molecule has 0 unspecified atom stereocenters. The van der Waals surface area contributed by atoms with Crippen LogP contribution < -0.4 is 14.4 Å². The molecule has 0 aromatic heterocycles. The van der Waals surface area contributed by atoms with E-state index in [-0.39, 0.29) is 19.4 Å². The largest absolute Gasteiger partial charge is 0.494 e. The van der Waals surface area contributed by atoms with Crippen molar-refractivity contribution < 1.29 is 28.9 Å². The third-order valence-electron chi connectivity index (χ3n) is 6.28. The maximum Gasteiger partial charge on any atom is 0.303 e. The van der Waals surface area contributed by atoms with E-state index >= 15 is 0 Å². The molecule has 0 bridgehead atoms. The molecular formula is C32H42FNO5. The number of aryl methyl sites for hydroxylation is 2. The van der Waals surface area contributed by atoms with E-state index in [9.17, 15) is 9.18 Å². The number of para-hydroxylation sites is 1. The van der Waals surface area contributed by atoms with Crippen LogP contribution in [0, 0.1) is 12.7 Å². The van der Waals surface area contributed by atoms with E-state index in [0.717, 1.165) is 62.2 Å². The summed E-state index contributed by atoms with van der Waals surface area (Å²) in [5.74, 6) is 0.290. The third kappa shape index (κ3) is 10.2. The average molecular weight is 540 g/mol. The van der Waals surface area contributed by atoms with Gasteiger partial charge in [0.25, 0.3) is 0 Å². The maximum absolute atomic E-state index is 14.5. The quantitative estimate of drug-likeness (QED) is 0.204. The average Bonchev–Trinajstić information content (AvgIpc) is 2.93. The molecule has 0 saturated carbocycles. The van der Waals surface area contributed by atoms with Crippen LogP contribution in [-0.4, -0.2) is 36.4 Å². The summed E-state index contributed by atoms with van der Waals surface area (Å²) in [7, 11) is 1.00. The summed E-state index contributed by atoms with van der Waals surface area (Å²) in [5.41, 5.74) is 4.46. The number of hydrogen-bond acceptors (Lipinski definition) is 5. The predicted octanol–water partition coefficient (Wildman–Crippen LogP) is 6.93. The van der Waals surface area contributed by atoms with Gasteiger partial charge < -0.3 is 24.6 Å². The lowest BCUT2D eigenvalue weighted by Crippen LogP contribution is -2.25. The minimum Gasteiger partial charge on any atom is -0.494 e. The number of unbranched alkanes of at least 4 members (excludes halogenated alkanes) is 2. The van der Waals surface area contributed by atoms with Gasteiger partial charge >= 0.3 is 5.97 Å². The predicted molar refractivity (Wildman–Crippen MR) is 154 cm³/mol. The van der Waals surface area contributed by atoms with Gasteiger partial charge in [0.2, 0.25) is 0 Å². The molecule has 0 aliphatic heterocycles. The third-order valence-corrected chi connectivity index (χ3v) is 6.28. The molecule has 0 radical (unpaired) electrons. The Morgan fingerprint density at radius 3 is 2.31 bits per heavy atom. The number of anilines is 1. The Bertz CT molecular complexity index is 1150. The number of halogens is 1. The highest BCUT2D eigenvalue weighted by Crippen LogP contribution is 2.34. The zero-order chi connectivity index (χ0) is 28.6. The molecule has 0 spiro atoms. The highest BCUT2D eigenvalue weighted by molar-refractivity contribution is 5.67. The summed E-state index contributed by atoms with van der Waals surface area (Å²) >= 11 is 0. The Balaban J connectivity index is 0.00000260. The normalized spacial score (nSPS) is 10.4. The van der Waals surface area contributed by atoms with Gasteiger partial charge in [0.1, 0.15) is 23.9 Å². The number of aliphatic carboxylic acids is 1. The molecule has 0 aliphatic carbocycles. The van der Waals surface area contributed by atoms with Gasteiger partial charge in [0, 0.05) is 26.6 Å². The Kier molecular flexibility index (Phi) is 13.9. The summed E-state index contributed by atoms with van der Waals surface area (Å²) in [6.07, 6.45) is 3.44. The standard InChI is InChI=1S/C31H38FNO4.CH4O/c1-4-6-7-19-33(21-24-12-16-27(17-13-24)36-5-2)31-23(3)9-8-10-29(31)37-22-25-11-14-26(28(32)20-25)15-18-30(34)35;1-2/h8-14,16-17,20H,4-7,15,18-19,21-22H2,1-3H3,(H,34,35);2H,1H3. The molecule has 39 heavy (non-hydrogen) atoms. The minimum absolute atomic E-state index is 0.0956. The second-order valence-corrected chi connectivity index (χ2v) is 9.24. The van der Waals surface area contributed by atoms with E-state index in [1.54, 1.807) is 12.1 Å². The molecule has 3 aromatic carbocycles. The van der Waals surface area contributed by atoms with E-state index in [0.29, 0.717) is 17.7 Å². The fourth-order valence-electron chi connectivity index (χ4n) is 4.34. The van der Waals surface area contributed by atoms with Crippen molar-refractivity contribution in [3.8, 4) is 11.5 Å². The van der Waals surface area contributed by atoms with Crippen LogP contribution in [0.3, 0.4) is 0 Å². The van der Waals surface area contributed by atoms with E-state index in [2.05, 4.69) is 36.9 Å². The van der Waals surface area contributed by atoms with Crippen molar-refractivity contribution in [3.05, 3.63) is 88.7 Å². The summed E-state index contributed by atoms with van der Waals surface area (Å²) < 4.78 is 26.4. The molecule has 6 nitrogen and oxygen atoms in total. The molecular weight excluding hydrogens is 497 g/mol. The monoisotopic (exact) mass is 539 g/mol. The maximum atomic E-state index is 14.5. The van der Waals surface area contributed by atoms with Gasteiger partial charge in [-0.25, -0.2) is 4.39 Å². The van der Waals surface area contributed by atoms with Crippen molar-refractivity contribution in [1.82, 2.24) is 0 Å². The first-order chi connectivity index (χ1) is 18.9. The van der Waals surface area contributed by atoms with Crippen LogP contribution in [-0.2, 0) is 24.4 Å². The van der Waals surface area contributed by atoms with Crippen molar-refractivity contribution in [2.45, 2.75) is 66.0 Å². The van der Waals surface area contributed by atoms with Gasteiger partial charge in [-0.3, -0.25) is 4.79 Å². The van der Waals surface area contributed by atoms with Crippen molar-refractivity contribution in [2.24, 2.45) is 0 Å². The van der Waals surface area contributed by atoms with Gasteiger partial charge in [-0.2, -0.15) is 0 Å². The number of hydrogen-bond donors (Lipinski definition) is 2. The molecule has 212 valence electrons. The van der Waals surface area contributed by atoms with Gasteiger partial charge in [0.05, 0.1) is 12.3 Å². The van der Waals surface area contributed by atoms with Crippen LogP contribution in [0.5, 0.6) is 11.5 Å². The number of carboxylic acid groups (broad SMARTS) is 1. The second kappa shape index (κ2) is 17.1. The number of nitrogens with zero attached hydrogens (tertiary/aromatic N) is 1. The Morgan fingerprint density at radius 2 is 1.67 bits per heavy atom. The van der Waals surface area contributed by atoms with Crippen LogP contribution in [0.25, 0.3) is 0 Å². The fourth-order valence-corrected chi connectivity index (χ4v) is 4.34. The molecule has 0 aliphatic rings. The molecule has 0 saturated heterocycles. The lowest BCUT2D eigenvalue weighted by Gasteiger charge is -2.29.